The summed E-state index contributed by atoms with van der Waals surface area (Å²) in [6.07, 6.45) is 0.935. The number of likely N-dealkylation sites (N-methyl/N-ethyl adjacent to an activating group) is 1. The molecule has 0 heterocycles. The molecule has 1 fully saturated rings. The van der Waals surface area contributed by atoms with E-state index < -0.39 is 0 Å². The van der Waals surface area contributed by atoms with Crippen LogP contribution in [0.2, 0.25) is 10.0 Å². The first-order valence-corrected chi connectivity index (χ1v) is 8.15. The minimum absolute atomic E-state index is 0.366. The summed E-state index contributed by atoms with van der Waals surface area (Å²) in [7, 11) is 0. The molecule has 112 valence electrons. The van der Waals surface area contributed by atoms with Crippen LogP contribution in [0.15, 0.2) is 18.2 Å². The zero-order chi connectivity index (χ0) is 15.1. The summed E-state index contributed by atoms with van der Waals surface area (Å²) in [5.41, 5.74) is 1.87. The van der Waals surface area contributed by atoms with Gasteiger partial charge >= 0.3 is 0 Å². The number of halogens is 2. The quantitative estimate of drug-likeness (QED) is 0.788. The van der Waals surface area contributed by atoms with Gasteiger partial charge in [0.05, 0.1) is 10.0 Å². The Labute approximate surface area is 133 Å². The molecule has 1 aromatic carbocycles. The molecule has 0 aliphatic heterocycles. The molecular formula is C17H25Cl2N. The fourth-order valence-corrected chi connectivity index (χ4v) is 4.16. The third-order valence-electron chi connectivity index (χ3n) is 5.47. The van der Waals surface area contributed by atoms with Gasteiger partial charge in [-0.05, 0) is 41.3 Å². The average molecular weight is 314 g/mol. The zero-order valence-corrected chi connectivity index (χ0v) is 14.6. The fourth-order valence-electron chi connectivity index (χ4n) is 3.77. The van der Waals surface area contributed by atoms with Gasteiger partial charge in [0.1, 0.15) is 0 Å². The van der Waals surface area contributed by atoms with E-state index >= 15 is 0 Å². The van der Waals surface area contributed by atoms with Crippen LogP contribution in [0.25, 0.3) is 0 Å². The van der Waals surface area contributed by atoms with E-state index in [1.165, 1.54) is 0 Å². The van der Waals surface area contributed by atoms with E-state index in [1.54, 1.807) is 0 Å². The number of benzene rings is 1. The van der Waals surface area contributed by atoms with Crippen LogP contribution in [0.1, 0.15) is 40.2 Å². The van der Waals surface area contributed by atoms with E-state index in [9.17, 15) is 0 Å². The van der Waals surface area contributed by atoms with Crippen LogP contribution in [-0.4, -0.2) is 12.6 Å². The highest BCUT2D eigenvalue weighted by molar-refractivity contribution is 6.42. The SMILES string of the molecule is CCNC(Cc1cccc(Cl)c1Cl)C1C(C)(C)C1(C)C. The number of hydrogen-bond donors (Lipinski definition) is 1. The molecule has 0 spiro atoms. The van der Waals surface area contributed by atoms with Gasteiger partial charge in [0.15, 0.2) is 0 Å². The van der Waals surface area contributed by atoms with Crippen LogP contribution in [0.3, 0.4) is 0 Å². The van der Waals surface area contributed by atoms with Crippen molar-refractivity contribution in [2.24, 2.45) is 16.7 Å². The Hall–Kier alpha value is -0.240. The van der Waals surface area contributed by atoms with Gasteiger partial charge in [-0.3, -0.25) is 0 Å². The Morgan fingerprint density at radius 1 is 1.15 bits per heavy atom. The second kappa shape index (κ2) is 5.51. The highest BCUT2D eigenvalue weighted by atomic mass is 35.5. The molecular weight excluding hydrogens is 289 g/mol. The lowest BCUT2D eigenvalue weighted by Gasteiger charge is -2.21. The molecule has 1 aliphatic rings. The smallest absolute Gasteiger partial charge is 0.0624 e. The topological polar surface area (TPSA) is 12.0 Å². The summed E-state index contributed by atoms with van der Waals surface area (Å²) in [6, 6.07) is 6.36. The van der Waals surface area contributed by atoms with Crippen molar-refractivity contribution >= 4 is 23.2 Å². The lowest BCUT2D eigenvalue weighted by atomic mass is 9.96. The van der Waals surface area contributed by atoms with Crippen LogP contribution >= 0.6 is 23.2 Å². The van der Waals surface area contributed by atoms with Gasteiger partial charge in [0.2, 0.25) is 0 Å². The second-order valence-electron chi connectivity index (χ2n) is 7.00. The molecule has 20 heavy (non-hydrogen) atoms. The fraction of sp³-hybridized carbons (Fsp3) is 0.647. The second-order valence-corrected chi connectivity index (χ2v) is 7.79. The van der Waals surface area contributed by atoms with Crippen molar-refractivity contribution in [3.05, 3.63) is 33.8 Å². The van der Waals surface area contributed by atoms with E-state index in [4.69, 9.17) is 23.2 Å². The predicted molar refractivity (Wildman–Crippen MR) is 88.7 cm³/mol. The van der Waals surface area contributed by atoms with Crippen LogP contribution in [-0.2, 0) is 6.42 Å². The molecule has 1 unspecified atom stereocenters. The molecule has 0 bridgehead atoms. The molecule has 1 N–H and O–H groups in total. The predicted octanol–water partition coefficient (Wildman–Crippen LogP) is 5.20. The van der Waals surface area contributed by atoms with E-state index in [2.05, 4.69) is 46.0 Å². The molecule has 1 aliphatic carbocycles. The number of nitrogens with one attached hydrogen (secondary N) is 1. The van der Waals surface area contributed by atoms with Crippen LogP contribution in [0, 0.1) is 16.7 Å². The standard InChI is InChI=1S/C17H25Cl2N/c1-6-20-13(15-16(2,3)17(15,4)5)10-11-8-7-9-12(18)14(11)19/h7-9,13,15,20H,6,10H2,1-5H3. The highest BCUT2D eigenvalue weighted by Gasteiger charge is 2.66. The van der Waals surface area contributed by atoms with Gasteiger partial charge in [-0.1, -0.05) is 70.0 Å². The largest absolute Gasteiger partial charge is 0.314 e. The van der Waals surface area contributed by atoms with Gasteiger partial charge in [0, 0.05) is 6.04 Å². The Morgan fingerprint density at radius 2 is 1.75 bits per heavy atom. The Kier molecular flexibility index (Phi) is 4.45. The molecule has 2 rings (SSSR count). The first-order chi connectivity index (χ1) is 9.23. The summed E-state index contributed by atoms with van der Waals surface area (Å²) < 4.78 is 0. The first-order valence-electron chi connectivity index (χ1n) is 7.39. The van der Waals surface area contributed by atoms with Crippen molar-refractivity contribution in [3.8, 4) is 0 Å². The van der Waals surface area contributed by atoms with E-state index in [1.807, 2.05) is 12.1 Å². The van der Waals surface area contributed by atoms with Crippen molar-refractivity contribution < 1.29 is 0 Å². The van der Waals surface area contributed by atoms with Gasteiger partial charge in [-0.2, -0.15) is 0 Å². The van der Waals surface area contributed by atoms with Gasteiger partial charge in [0.25, 0.3) is 0 Å². The van der Waals surface area contributed by atoms with E-state index in [-0.39, 0.29) is 0 Å². The normalized spacial score (nSPS) is 21.8. The minimum Gasteiger partial charge on any atom is -0.314 e. The van der Waals surface area contributed by atoms with Crippen molar-refractivity contribution in [3.63, 3.8) is 0 Å². The van der Waals surface area contributed by atoms with E-state index in [0.29, 0.717) is 32.8 Å². The first kappa shape index (κ1) is 16.1. The maximum atomic E-state index is 6.34. The monoisotopic (exact) mass is 313 g/mol. The average Bonchev–Trinajstić information content (AvgIpc) is 2.75. The minimum atomic E-state index is 0.366. The van der Waals surface area contributed by atoms with Gasteiger partial charge in [-0.25, -0.2) is 0 Å². The molecule has 1 atom stereocenters. The van der Waals surface area contributed by atoms with Crippen molar-refractivity contribution in [2.75, 3.05) is 6.54 Å². The molecule has 1 nitrogen and oxygen atoms in total. The zero-order valence-electron chi connectivity index (χ0n) is 13.1. The van der Waals surface area contributed by atoms with E-state index in [0.717, 1.165) is 18.5 Å². The number of rotatable bonds is 5. The Bertz CT molecular complexity index is 480. The molecule has 0 amide bonds. The van der Waals surface area contributed by atoms with Crippen LogP contribution in [0.4, 0.5) is 0 Å². The van der Waals surface area contributed by atoms with Crippen LogP contribution in [0.5, 0.6) is 0 Å². The molecule has 1 aromatic rings. The summed E-state index contributed by atoms with van der Waals surface area (Å²) in [5.74, 6) is 0.657. The maximum absolute atomic E-state index is 6.34. The van der Waals surface area contributed by atoms with Crippen molar-refractivity contribution in [1.29, 1.82) is 0 Å². The number of hydrogen-bond acceptors (Lipinski definition) is 1. The molecule has 0 aromatic heterocycles. The van der Waals surface area contributed by atoms with Crippen molar-refractivity contribution in [2.45, 2.75) is 47.1 Å². The summed E-state index contributed by atoms with van der Waals surface area (Å²) in [6.45, 7) is 12.6. The maximum Gasteiger partial charge on any atom is 0.0624 e. The van der Waals surface area contributed by atoms with Gasteiger partial charge < -0.3 is 5.32 Å². The highest BCUT2D eigenvalue weighted by Crippen LogP contribution is 2.69. The van der Waals surface area contributed by atoms with Crippen LogP contribution < -0.4 is 5.32 Å². The Balaban J connectivity index is 2.22. The molecule has 0 saturated heterocycles. The summed E-state index contributed by atoms with van der Waals surface area (Å²) >= 11 is 12.5. The molecule has 3 heteroatoms. The third-order valence-corrected chi connectivity index (χ3v) is 6.33. The lowest BCUT2D eigenvalue weighted by molar-refractivity contribution is 0.403. The van der Waals surface area contributed by atoms with Gasteiger partial charge in [-0.15, -0.1) is 0 Å². The summed E-state index contributed by atoms with van der Waals surface area (Å²) in [4.78, 5) is 0. The van der Waals surface area contributed by atoms with Crippen molar-refractivity contribution in [1.82, 2.24) is 5.32 Å². The lowest BCUT2D eigenvalue weighted by Crippen LogP contribution is -2.35. The summed E-state index contributed by atoms with van der Waals surface area (Å²) in [5, 5.41) is 5.00. The molecule has 0 radical (unpaired) electrons. The Morgan fingerprint density at radius 3 is 2.25 bits per heavy atom. The third kappa shape index (κ3) is 2.61. The molecule has 1 saturated carbocycles.